The maximum Gasteiger partial charge on any atom is 0.237 e. The number of hydrogen-bond donors (Lipinski definition) is 1. The number of sulfonamides is 1. The first-order valence-corrected chi connectivity index (χ1v) is 16.2. The fourth-order valence-electron chi connectivity index (χ4n) is 7.47. The summed E-state index contributed by atoms with van der Waals surface area (Å²) < 4.78 is 28.3. The molecular weight excluding hydrogens is 564 g/mol. The number of benzene rings is 1. The van der Waals surface area contributed by atoms with E-state index in [4.69, 9.17) is 4.98 Å². The number of carbonyl (C=O) groups is 1. The quantitative estimate of drug-likeness (QED) is 0.360. The summed E-state index contributed by atoms with van der Waals surface area (Å²) in [7, 11) is 0.388. The number of aryl methyl sites for hydroxylation is 1. The van der Waals surface area contributed by atoms with Crippen LogP contribution in [0.25, 0.3) is 33.4 Å². The van der Waals surface area contributed by atoms with Gasteiger partial charge in [0.25, 0.3) is 0 Å². The normalized spacial score (nSPS) is 20.0. The first-order chi connectivity index (χ1) is 20.6. The van der Waals surface area contributed by atoms with Gasteiger partial charge in [0.05, 0.1) is 53.0 Å². The van der Waals surface area contributed by atoms with E-state index in [0.29, 0.717) is 39.0 Å². The zero-order valence-corrected chi connectivity index (χ0v) is 25.4. The van der Waals surface area contributed by atoms with E-state index in [2.05, 4.69) is 33.2 Å². The van der Waals surface area contributed by atoms with Crippen molar-refractivity contribution in [2.45, 2.75) is 37.1 Å². The zero-order valence-electron chi connectivity index (χ0n) is 24.5. The fraction of sp³-hybridized carbons (Fsp3) is 0.419. The molecule has 0 radical (unpaired) electrons. The summed E-state index contributed by atoms with van der Waals surface area (Å²) in [6.07, 6.45) is 6.98. The lowest BCUT2D eigenvalue weighted by molar-refractivity contribution is -0.126. The molecule has 3 aliphatic rings. The summed E-state index contributed by atoms with van der Waals surface area (Å²) in [6.45, 7) is 3.44. The number of likely N-dealkylation sites (N-methyl/N-ethyl adjacent to an activating group) is 1. The second kappa shape index (κ2) is 9.74. The molecule has 2 saturated heterocycles. The number of pyridine rings is 1. The molecule has 222 valence electrons. The maximum absolute atomic E-state index is 14.2. The number of nitrogens with one attached hydrogen (secondary N) is 1. The van der Waals surface area contributed by atoms with Gasteiger partial charge < -0.3 is 9.88 Å². The molecule has 1 N–H and O–H groups in total. The Morgan fingerprint density at radius 1 is 1.07 bits per heavy atom. The van der Waals surface area contributed by atoms with Crippen molar-refractivity contribution in [3.63, 3.8) is 0 Å². The van der Waals surface area contributed by atoms with E-state index in [1.165, 1.54) is 4.31 Å². The topological polar surface area (TPSA) is 131 Å². The maximum atomic E-state index is 14.2. The molecule has 0 atom stereocenters. The highest BCUT2D eigenvalue weighted by Gasteiger charge is 2.57. The number of piperidine rings is 1. The number of nitriles is 1. The third kappa shape index (κ3) is 3.98. The average Bonchev–Trinajstić information content (AvgIpc) is 3.66. The molecule has 43 heavy (non-hydrogen) atoms. The summed E-state index contributed by atoms with van der Waals surface area (Å²) >= 11 is 0. The summed E-state index contributed by atoms with van der Waals surface area (Å²) in [5.74, 6) is 0.0969. The van der Waals surface area contributed by atoms with Crippen LogP contribution in [0.4, 0.5) is 5.69 Å². The van der Waals surface area contributed by atoms with Crippen LogP contribution in [0.3, 0.4) is 0 Å². The molecule has 3 aliphatic heterocycles. The van der Waals surface area contributed by atoms with Crippen LogP contribution in [-0.2, 0) is 27.3 Å². The predicted octanol–water partition coefficient (Wildman–Crippen LogP) is 3.26. The number of amides is 1. The Morgan fingerprint density at radius 3 is 2.42 bits per heavy atom. The number of rotatable bonds is 6. The van der Waals surface area contributed by atoms with Crippen LogP contribution < -0.4 is 4.90 Å². The SMILES string of the molecule is CCS(=O)(=O)N1CC(CC#N)(N2CCC3(CC2)C(=O)N(C)c2cnc4[nH]c(-c5cnn(C)c5)c(-c5ccccc5)c4c23)C1. The summed E-state index contributed by atoms with van der Waals surface area (Å²) in [5, 5.41) is 15.0. The Hall–Kier alpha value is -4.05. The lowest BCUT2D eigenvalue weighted by Crippen LogP contribution is -2.72. The lowest BCUT2D eigenvalue weighted by Gasteiger charge is -2.56. The molecule has 11 nitrogen and oxygen atoms in total. The Labute approximate surface area is 250 Å². The Morgan fingerprint density at radius 2 is 1.79 bits per heavy atom. The second-order valence-electron chi connectivity index (χ2n) is 12.0. The molecule has 1 spiro atoms. The summed E-state index contributed by atoms with van der Waals surface area (Å²) in [4.78, 5) is 26.6. The van der Waals surface area contributed by atoms with Gasteiger partial charge >= 0.3 is 0 Å². The van der Waals surface area contributed by atoms with Gasteiger partial charge in [-0.05, 0) is 25.3 Å². The van der Waals surface area contributed by atoms with E-state index >= 15 is 0 Å². The molecule has 12 heteroatoms. The third-order valence-corrected chi connectivity index (χ3v) is 11.6. The number of H-pyrrole nitrogens is 1. The molecule has 0 bridgehead atoms. The first kappa shape index (κ1) is 27.8. The minimum atomic E-state index is -3.32. The van der Waals surface area contributed by atoms with Gasteiger partial charge in [-0.15, -0.1) is 0 Å². The monoisotopic (exact) mass is 598 g/mol. The van der Waals surface area contributed by atoms with Gasteiger partial charge in [-0.2, -0.15) is 14.7 Å². The van der Waals surface area contributed by atoms with Crippen LogP contribution in [0.1, 0.15) is 31.7 Å². The Balaban J connectivity index is 1.33. The molecule has 0 saturated carbocycles. The Bertz CT molecular complexity index is 1890. The van der Waals surface area contributed by atoms with Gasteiger partial charge in [-0.3, -0.25) is 14.4 Å². The molecule has 1 amide bonds. The number of anilines is 1. The largest absolute Gasteiger partial charge is 0.339 e. The standard InChI is InChI=1S/C31H34N8O3S/c1-4-43(41,42)39-19-30(20-39,10-13-32)38-14-11-31(12-15-38)26-23(37(3)29(31)40)17-33-28-25(26)24(21-8-6-5-7-9-21)27(35-28)22-16-34-36(2)18-22/h5-9,16-18H,4,10-12,14-15,19-20H2,1-3H3,(H,33,35). The smallest absolute Gasteiger partial charge is 0.237 e. The van der Waals surface area contributed by atoms with Gasteiger partial charge in [0.2, 0.25) is 15.9 Å². The molecule has 6 heterocycles. The van der Waals surface area contributed by atoms with E-state index in [9.17, 15) is 18.5 Å². The van der Waals surface area contributed by atoms with Crippen molar-refractivity contribution in [2.75, 3.05) is 43.9 Å². The number of aromatic nitrogens is 4. The van der Waals surface area contributed by atoms with Crippen molar-refractivity contribution in [1.82, 2.24) is 29.0 Å². The summed E-state index contributed by atoms with van der Waals surface area (Å²) in [6, 6.07) is 12.5. The van der Waals surface area contributed by atoms with E-state index in [1.54, 1.807) is 22.7 Å². The van der Waals surface area contributed by atoms with Crippen LogP contribution in [0.5, 0.6) is 0 Å². The molecule has 0 unspecified atom stereocenters. The number of aromatic amines is 1. The van der Waals surface area contributed by atoms with Crippen molar-refractivity contribution in [3.8, 4) is 28.5 Å². The Kier molecular flexibility index (Phi) is 6.29. The van der Waals surface area contributed by atoms with E-state index < -0.39 is 21.0 Å². The van der Waals surface area contributed by atoms with Crippen LogP contribution in [-0.4, -0.2) is 87.8 Å². The van der Waals surface area contributed by atoms with Gasteiger partial charge in [-0.1, -0.05) is 30.3 Å². The molecule has 7 rings (SSSR count). The number of likely N-dealkylation sites (tertiary alicyclic amines) is 1. The van der Waals surface area contributed by atoms with Gasteiger partial charge in [-0.25, -0.2) is 13.4 Å². The molecule has 3 aromatic heterocycles. The number of carbonyl (C=O) groups excluding carboxylic acids is 1. The third-order valence-electron chi connectivity index (χ3n) is 9.81. The van der Waals surface area contributed by atoms with Crippen molar-refractivity contribution in [1.29, 1.82) is 5.26 Å². The highest BCUT2D eigenvalue weighted by Crippen LogP contribution is 2.54. The lowest BCUT2D eigenvalue weighted by atomic mass is 9.70. The van der Waals surface area contributed by atoms with Crippen molar-refractivity contribution < 1.29 is 13.2 Å². The minimum Gasteiger partial charge on any atom is -0.339 e. The summed E-state index contributed by atoms with van der Waals surface area (Å²) in [5.41, 5.74) is 5.11. The van der Waals surface area contributed by atoms with Crippen molar-refractivity contribution in [2.24, 2.45) is 7.05 Å². The molecular formula is C31H34N8O3S. The highest BCUT2D eigenvalue weighted by molar-refractivity contribution is 7.89. The van der Waals surface area contributed by atoms with Crippen molar-refractivity contribution in [3.05, 3.63) is 54.5 Å². The highest BCUT2D eigenvalue weighted by atomic mass is 32.2. The van der Waals surface area contributed by atoms with Crippen molar-refractivity contribution >= 4 is 32.7 Å². The van der Waals surface area contributed by atoms with Crippen LogP contribution in [0.2, 0.25) is 0 Å². The minimum absolute atomic E-state index is 0.0435. The second-order valence-corrected chi connectivity index (χ2v) is 14.3. The van der Waals surface area contributed by atoms with E-state index in [1.807, 2.05) is 44.7 Å². The van der Waals surface area contributed by atoms with Gasteiger partial charge in [0.15, 0.2) is 0 Å². The number of nitrogens with zero attached hydrogens (tertiary/aromatic N) is 7. The average molecular weight is 599 g/mol. The van der Waals surface area contributed by atoms with Gasteiger partial charge in [0.1, 0.15) is 5.65 Å². The zero-order chi connectivity index (χ0) is 30.1. The van der Waals surface area contributed by atoms with E-state index in [-0.39, 0.29) is 18.1 Å². The van der Waals surface area contributed by atoms with Gasteiger partial charge in [0, 0.05) is 68.5 Å². The molecule has 2 fully saturated rings. The number of fused-ring (bicyclic) bond motifs is 4. The fourth-order valence-corrected chi connectivity index (χ4v) is 8.71. The number of hydrogen-bond acceptors (Lipinski definition) is 7. The first-order valence-electron chi connectivity index (χ1n) is 14.6. The van der Waals surface area contributed by atoms with Crippen LogP contribution >= 0.6 is 0 Å². The predicted molar refractivity (Wildman–Crippen MR) is 164 cm³/mol. The molecule has 4 aromatic rings. The van der Waals surface area contributed by atoms with E-state index in [0.717, 1.165) is 44.7 Å². The molecule has 1 aromatic carbocycles. The van der Waals surface area contributed by atoms with Crippen LogP contribution in [0, 0.1) is 11.3 Å². The molecule has 0 aliphatic carbocycles. The van der Waals surface area contributed by atoms with Crippen LogP contribution in [0.15, 0.2) is 48.9 Å².